The van der Waals surface area contributed by atoms with E-state index in [0.717, 1.165) is 0 Å². The summed E-state index contributed by atoms with van der Waals surface area (Å²) in [6.07, 6.45) is 0. The van der Waals surface area contributed by atoms with E-state index < -0.39 is 4.33 Å². The molecule has 0 fully saturated rings. The minimum atomic E-state index is -1.39. The molecule has 0 unspecified atom stereocenters. The molecule has 5 nitrogen and oxygen atoms in total. The molecule has 0 bridgehead atoms. The molecule has 2 aromatic rings. The first-order valence-electron chi connectivity index (χ1n) is 4.41. The zero-order chi connectivity index (χ0) is 11.6. The lowest BCUT2D eigenvalue weighted by Crippen LogP contribution is -2.15. The minimum absolute atomic E-state index is 0.181. The zero-order valence-corrected chi connectivity index (χ0v) is 9.83. The van der Waals surface area contributed by atoms with Gasteiger partial charge in [-0.05, 0) is 6.07 Å². The predicted molar refractivity (Wildman–Crippen MR) is 59.7 cm³/mol. The Bertz CT molecular complexity index is 472. The average Bonchev–Trinajstić information content (AvgIpc) is 2.83. The number of ether oxygens (including phenoxy) is 1. The van der Waals surface area contributed by atoms with E-state index in [0.29, 0.717) is 11.3 Å². The van der Waals surface area contributed by atoms with Gasteiger partial charge in [-0.15, -0.1) is 10.2 Å². The molecule has 1 aromatic heterocycles. The second kappa shape index (κ2) is 4.27. The number of nitrogens with zero attached hydrogens (tertiary/aromatic N) is 3. The molecule has 0 atom stereocenters. The van der Waals surface area contributed by atoms with Gasteiger partial charge in [-0.1, -0.05) is 46.6 Å². The van der Waals surface area contributed by atoms with Gasteiger partial charge in [0, 0.05) is 5.56 Å². The fourth-order valence-electron chi connectivity index (χ4n) is 1.32. The smallest absolute Gasteiger partial charge is 0.215 e. The predicted octanol–water partition coefficient (Wildman–Crippen LogP) is 1.89. The Morgan fingerprint density at radius 1 is 1.31 bits per heavy atom. The molecule has 84 valence electrons. The fraction of sp³-hybridized carbons (Fsp3) is 0.222. The number of alkyl halides is 2. The molecular weight excluding hydrogens is 251 g/mol. The Hall–Kier alpha value is -1.33. The first kappa shape index (κ1) is 11.2. The topological polar surface area (TPSA) is 63.7 Å². The van der Waals surface area contributed by atoms with Crippen molar-refractivity contribution in [3.05, 3.63) is 35.7 Å². The summed E-state index contributed by atoms with van der Waals surface area (Å²) in [5, 5.41) is 13.3. The highest BCUT2D eigenvalue weighted by atomic mass is 35.5. The molecule has 16 heavy (non-hydrogen) atoms. The lowest BCUT2D eigenvalue weighted by molar-refractivity contribution is 0.408. The van der Waals surface area contributed by atoms with Crippen LogP contribution < -0.4 is 4.74 Å². The maximum Gasteiger partial charge on any atom is 0.215 e. The Kier molecular flexibility index (Phi) is 2.98. The summed E-state index contributed by atoms with van der Waals surface area (Å²) in [7, 11) is 1.54. The molecule has 0 amide bonds. The molecule has 1 aromatic carbocycles. The van der Waals surface area contributed by atoms with Gasteiger partial charge in [-0.25, -0.2) is 0 Å². The van der Waals surface area contributed by atoms with Crippen LogP contribution >= 0.6 is 23.2 Å². The summed E-state index contributed by atoms with van der Waals surface area (Å²) in [5.41, 5.74) is 0.572. The van der Waals surface area contributed by atoms with E-state index in [9.17, 15) is 0 Å². The summed E-state index contributed by atoms with van der Waals surface area (Å²) >= 11 is 12.4. The van der Waals surface area contributed by atoms with Gasteiger partial charge in [0.25, 0.3) is 0 Å². The Morgan fingerprint density at radius 2 is 2.06 bits per heavy atom. The molecule has 0 saturated heterocycles. The summed E-state index contributed by atoms with van der Waals surface area (Å²) in [6, 6.07) is 7.13. The van der Waals surface area contributed by atoms with Gasteiger partial charge in [0.05, 0.1) is 7.11 Å². The number of aromatic nitrogens is 4. The molecular formula is C9H8Cl2N4O. The second-order valence-corrected chi connectivity index (χ2v) is 4.34. The van der Waals surface area contributed by atoms with Gasteiger partial charge in [-0.3, -0.25) is 0 Å². The third kappa shape index (κ3) is 1.83. The molecule has 1 N–H and O–H groups in total. The second-order valence-electron chi connectivity index (χ2n) is 3.01. The number of halogens is 2. The van der Waals surface area contributed by atoms with Crippen molar-refractivity contribution < 1.29 is 4.74 Å². The monoisotopic (exact) mass is 258 g/mol. The van der Waals surface area contributed by atoms with E-state index in [1.54, 1.807) is 25.3 Å². The quantitative estimate of drug-likeness (QED) is 0.855. The van der Waals surface area contributed by atoms with Crippen molar-refractivity contribution >= 4 is 23.2 Å². The van der Waals surface area contributed by atoms with Crippen molar-refractivity contribution in [3.63, 3.8) is 0 Å². The third-order valence-corrected chi connectivity index (χ3v) is 2.82. The highest BCUT2D eigenvalue weighted by molar-refractivity contribution is 6.49. The van der Waals surface area contributed by atoms with Crippen molar-refractivity contribution in [3.8, 4) is 5.75 Å². The first-order valence-corrected chi connectivity index (χ1v) is 5.17. The molecule has 2 rings (SSSR count). The lowest BCUT2D eigenvalue weighted by atomic mass is 10.1. The van der Waals surface area contributed by atoms with Crippen molar-refractivity contribution in [2.75, 3.05) is 7.11 Å². The Labute approximate surface area is 102 Å². The summed E-state index contributed by atoms with van der Waals surface area (Å²) in [5.74, 6) is 0.748. The van der Waals surface area contributed by atoms with Gasteiger partial charge in [0.15, 0.2) is 0 Å². The number of tetrazole rings is 1. The molecule has 0 saturated carbocycles. The van der Waals surface area contributed by atoms with E-state index in [4.69, 9.17) is 27.9 Å². The first-order chi connectivity index (χ1) is 7.66. The minimum Gasteiger partial charge on any atom is -0.496 e. The van der Waals surface area contributed by atoms with E-state index in [1.165, 1.54) is 0 Å². The molecule has 0 spiro atoms. The molecule has 0 aliphatic carbocycles. The number of hydrogen-bond acceptors (Lipinski definition) is 4. The van der Waals surface area contributed by atoms with Crippen LogP contribution in [0.1, 0.15) is 11.4 Å². The van der Waals surface area contributed by atoms with Crippen LogP contribution in [0.15, 0.2) is 24.3 Å². The van der Waals surface area contributed by atoms with E-state index in [1.807, 2.05) is 6.07 Å². The fourth-order valence-corrected chi connectivity index (χ4v) is 1.79. The Balaban J connectivity index is 2.51. The van der Waals surface area contributed by atoms with Gasteiger partial charge >= 0.3 is 0 Å². The lowest BCUT2D eigenvalue weighted by Gasteiger charge is -2.18. The van der Waals surface area contributed by atoms with Crippen LogP contribution in [0.3, 0.4) is 0 Å². The van der Waals surface area contributed by atoms with E-state index >= 15 is 0 Å². The SMILES string of the molecule is COc1ccccc1C(Cl)(Cl)c1nn[nH]n1. The highest BCUT2D eigenvalue weighted by Gasteiger charge is 2.36. The largest absolute Gasteiger partial charge is 0.496 e. The maximum atomic E-state index is 6.21. The zero-order valence-electron chi connectivity index (χ0n) is 8.32. The summed E-state index contributed by atoms with van der Waals surface area (Å²) in [6.45, 7) is 0. The average molecular weight is 259 g/mol. The van der Waals surface area contributed by atoms with Crippen LogP contribution in [-0.4, -0.2) is 27.7 Å². The molecule has 1 heterocycles. The molecule has 0 radical (unpaired) electrons. The van der Waals surface area contributed by atoms with Crippen LogP contribution in [0.4, 0.5) is 0 Å². The normalized spacial score (nSPS) is 11.4. The molecule has 0 aliphatic heterocycles. The van der Waals surface area contributed by atoms with Crippen molar-refractivity contribution in [1.82, 2.24) is 20.6 Å². The van der Waals surface area contributed by atoms with Crippen molar-refractivity contribution in [2.45, 2.75) is 4.33 Å². The van der Waals surface area contributed by atoms with Crippen LogP contribution in [-0.2, 0) is 4.33 Å². The van der Waals surface area contributed by atoms with Crippen LogP contribution in [0, 0.1) is 0 Å². The van der Waals surface area contributed by atoms with Crippen molar-refractivity contribution in [1.29, 1.82) is 0 Å². The Morgan fingerprint density at radius 3 is 2.69 bits per heavy atom. The highest BCUT2D eigenvalue weighted by Crippen LogP contribution is 2.42. The number of nitrogens with one attached hydrogen (secondary N) is 1. The van der Waals surface area contributed by atoms with Gasteiger partial charge in [-0.2, -0.15) is 5.21 Å². The molecule has 0 aliphatic rings. The standard InChI is InChI=1S/C9H8Cl2N4O/c1-16-7-5-3-2-4-6(7)9(10,11)8-12-14-15-13-8/h2-5H,1H3,(H,12,13,14,15). The number of hydrogen-bond donors (Lipinski definition) is 1. The number of benzene rings is 1. The van der Waals surface area contributed by atoms with Gasteiger partial charge < -0.3 is 4.74 Å². The van der Waals surface area contributed by atoms with E-state index in [-0.39, 0.29) is 5.82 Å². The van der Waals surface area contributed by atoms with E-state index in [2.05, 4.69) is 20.6 Å². The van der Waals surface area contributed by atoms with Crippen LogP contribution in [0.25, 0.3) is 0 Å². The number of methoxy groups -OCH3 is 1. The number of para-hydroxylation sites is 1. The van der Waals surface area contributed by atoms with Gasteiger partial charge in [0.2, 0.25) is 10.2 Å². The summed E-state index contributed by atoms with van der Waals surface area (Å²) < 4.78 is 3.79. The maximum absolute atomic E-state index is 6.21. The summed E-state index contributed by atoms with van der Waals surface area (Å²) in [4.78, 5) is 0. The van der Waals surface area contributed by atoms with Crippen molar-refractivity contribution in [2.24, 2.45) is 0 Å². The number of H-pyrrole nitrogens is 1. The third-order valence-electron chi connectivity index (χ3n) is 2.07. The van der Waals surface area contributed by atoms with Crippen LogP contribution in [0.5, 0.6) is 5.75 Å². The number of rotatable bonds is 3. The van der Waals surface area contributed by atoms with Crippen LogP contribution in [0.2, 0.25) is 0 Å². The number of aromatic amines is 1. The van der Waals surface area contributed by atoms with Gasteiger partial charge in [0.1, 0.15) is 5.75 Å². The molecule has 7 heteroatoms.